The first-order valence-electron chi connectivity index (χ1n) is 6.83. The first-order valence-corrected chi connectivity index (χ1v) is 6.83. The standard InChI is InChI=1S/C13H22N2O4/c1-19-8-12(17)14-11-4-5-15(6-10(11)7-16)13(18)9-2-3-9/h9-11,16H,2-8H2,1H3,(H,14,17)/t10-,11-/m1/s1. The highest BCUT2D eigenvalue weighted by atomic mass is 16.5. The number of rotatable bonds is 5. The van der Waals surface area contributed by atoms with Gasteiger partial charge in [0.2, 0.25) is 11.8 Å². The lowest BCUT2D eigenvalue weighted by Crippen LogP contribution is -2.54. The molecule has 1 aliphatic carbocycles. The molecule has 19 heavy (non-hydrogen) atoms. The van der Waals surface area contributed by atoms with Crippen LogP contribution in [0.5, 0.6) is 0 Å². The molecule has 2 N–H and O–H groups in total. The van der Waals surface area contributed by atoms with Gasteiger partial charge in [-0.1, -0.05) is 0 Å². The normalized spacial score (nSPS) is 27.2. The Morgan fingerprint density at radius 1 is 1.37 bits per heavy atom. The van der Waals surface area contributed by atoms with Crippen LogP contribution in [0.25, 0.3) is 0 Å². The van der Waals surface area contributed by atoms with E-state index in [0.717, 1.165) is 12.8 Å². The van der Waals surface area contributed by atoms with Gasteiger partial charge < -0.3 is 20.1 Å². The lowest BCUT2D eigenvalue weighted by Gasteiger charge is -2.38. The molecular weight excluding hydrogens is 248 g/mol. The molecule has 0 aromatic heterocycles. The number of aliphatic hydroxyl groups is 1. The molecule has 2 aliphatic rings. The van der Waals surface area contributed by atoms with Crippen molar-refractivity contribution in [2.75, 3.05) is 33.4 Å². The maximum Gasteiger partial charge on any atom is 0.246 e. The third-order valence-corrected chi connectivity index (χ3v) is 3.83. The molecule has 0 spiro atoms. The number of likely N-dealkylation sites (tertiary alicyclic amines) is 1. The van der Waals surface area contributed by atoms with E-state index in [0.29, 0.717) is 19.5 Å². The van der Waals surface area contributed by atoms with Crippen LogP contribution >= 0.6 is 0 Å². The fraction of sp³-hybridized carbons (Fsp3) is 0.846. The van der Waals surface area contributed by atoms with Gasteiger partial charge in [0.15, 0.2) is 0 Å². The predicted octanol–water partition coefficient (Wildman–Crippen LogP) is -0.632. The van der Waals surface area contributed by atoms with Crippen LogP contribution < -0.4 is 5.32 Å². The molecule has 0 radical (unpaired) electrons. The summed E-state index contributed by atoms with van der Waals surface area (Å²) in [5, 5.41) is 12.3. The van der Waals surface area contributed by atoms with Gasteiger partial charge >= 0.3 is 0 Å². The summed E-state index contributed by atoms with van der Waals surface area (Å²) < 4.78 is 4.77. The fourth-order valence-corrected chi connectivity index (χ4v) is 2.58. The second-order valence-electron chi connectivity index (χ2n) is 5.40. The molecule has 0 aromatic rings. The summed E-state index contributed by atoms with van der Waals surface area (Å²) in [4.78, 5) is 25.3. The number of carbonyl (C=O) groups is 2. The average molecular weight is 270 g/mol. The quantitative estimate of drug-likeness (QED) is 0.697. The van der Waals surface area contributed by atoms with Crippen LogP contribution in [0.3, 0.4) is 0 Å². The Balaban J connectivity index is 1.86. The SMILES string of the molecule is COCC(=O)N[C@@H]1CCN(C(=O)C2CC2)C[C@@H]1CO. The highest BCUT2D eigenvalue weighted by molar-refractivity contribution is 5.81. The molecule has 1 saturated heterocycles. The number of ether oxygens (including phenoxy) is 1. The Labute approximate surface area is 113 Å². The monoisotopic (exact) mass is 270 g/mol. The molecule has 0 unspecified atom stereocenters. The molecule has 6 heteroatoms. The van der Waals surface area contributed by atoms with Crippen molar-refractivity contribution in [3.05, 3.63) is 0 Å². The first-order chi connectivity index (χ1) is 9.15. The molecule has 0 bridgehead atoms. The minimum atomic E-state index is -0.173. The maximum absolute atomic E-state index is 12.0. The molecule has 2 amide bonds. The number of piperidine rings is 1. The van der Waals surface area contributed by atoms with Gasteiger partial charge in [0.05, 0.1) is 0 Å². The van der Waals surface area contributed by atoms with Gasteiger partial charge in [0.25, 0.3) is 0 Å². The zero-order chi connectivity index (χ0) is 13.8. The third-order valence-electron chi connectivity index (χ3n) is 3.83. The van der Waals surface area contributed by atoms with Crippen LogP contribution in [0.4, 0.5) is 0 Å². The van der Waals surface area contributed by atoms with E-state index in [4.69, 9.17) is 4.74 Å². The van der Waals surface area contributed by atoms with Crippen LogP contribution in [0.1, 0.15) is 19.3 Å². The summed E-state index contributed by atoms with van der Waals surface area (Å²) in [5.41, 5.74) is 0. The molecule has 1 heterocycles. The van der Waals surface area contributed by atoms with Gasteiger partial charge in [-0.15, -0.1) is 0 Å². The number of hydrogen-bond acceptors (Lipinski definition) is 4. The Hall–Kier alpha value is -1.14. The van der Waals surface area contributed by atoms with Gasteiger partial charge in [-0.05, 0) is 19.3 Å². The van der Waals surface area contributed by atoms with Gasteiger partial charge in [0.1, 0.15) is 6.61 Å². The first kappa shape index (κ1) is 14.3. The van der Waals surface area contributed by atoms with E-state index >= 15 is 0 Å². The second-order valence-corrected chi connectivity index (χ2v) is 5.40. The zero-order valence-electron chi connectivity index (χ0n) is 11.3. The number of aliphatic hydroxyl groups excluding tert-OH is 1. The summed E-state index contributed by atoms with van der Waals surface area (Å²) in [6.45, 7) is 1.19. The molecule has 0 aromatic carbocycles. The van der Waals surface area contributed by atoms with E-state index in [1.54, 1.807) is 0 Å². The van der Waals surface area contributed by atoms with Crippen molar-refractivity contribution in [2.45, 2.75) is 25.3 Å². The van der Waals surface area contributed by atoms with E-state index in [9.17, 15) is 14.7 Å². The second kappa shape index (κ2) is 6.34. The van der Waals surface area contributed by atoms with E-state index in [1.165, 1.54) is 7.11 Å². The maximum atomic E-state index is 12.0. The van der Waals surface area contributed by atoms with Crippen LogP contribution in [0.15, 0.2) is 0 Å². The van der Waals surface area contributed by atoms with Crippen molar-refractivity contribution in [2.24, 2.45) is 11.8 Å². The lowest BCUT2D eigenvalue weighted by molar-refractivity contribution is -0.135. The highest BCUT2D eigenvalue weighted by Gasteiger charge is 2.38. The number of carbonyl (C=O) groups excluding carboxylic acids is 2. The third kappa shape index (κ3) is 3.67. The molecule has 2 fully saturated rings. The van der Waals surface area contributed by atoms with Crippen LogP contribution in [-0.2, 0) is 14.3 Å². The van der Waals surface area contributed by atoms with Gasteiger partial charge in [-0.3, -0.25) is 9.59 Å². The Bertz CT molecular complexity index is 344. The van der Waals surface area contributed by atoms with Gasteiger partial charge in [0, 0.05) is 44.7 Å². The Morgan fingerprint density at radius 2 is 2.11 bits per heavy atom. The molecule has 2 atom stereocenters. The Kier molecular flexibility index (Phi) is 4.76. The minimum absolute atomic E-state index is 0.0215. The topological polar surface area (TPSA) is 78.9 Å². The molecule has 2 rings (SSSR count). The average Bonchev–Trinajstić information content (AvgIpc) is 3.23. The number of nitrogens with zero attached hydrogens (tertiary/aromatic N) is 1. The van der Waals surface area contributed by atoms with Crippen LogP contribution in [-0.4, -0.2) is 61.3 Å². The summed E-state index contributed by atoms with van der Waals surface area (Å²) in [7, 11) is 1.47. The minimum Gasteiger partial charge on any atom is -0.396 e. The number of methoxy groups -OCH3 is 1. The van der Waals surface area contributed by atoms with Crippen LogP contribution in [0.2, 0.25) is 0 Å². The van der Waals surface area contributed by atoms with Crippen molar-refractivity contribution >= 4 is 11.8 Å². The molecule has 108 valence electrons. The van der Waals surface area contributed by atoms with Crippen molar-refractivity contribution in [1.82, 2.24) is 10.2 Å². The van der Waals surface area contributed by atoms with E-state index in [-0.39, 0.29) is 42.9 Å². The number of nitrogens with one attached hydrogen (secondary N) is 1. The van der Waals surface area contributed by atoms with Gasteiger partial charge in [-0.2, -0.15) is 0 Å². The lowest BCUT2D eigenvalue weighted by atomic mass is 9.92. The molecule has 1 saturated carbocycles. The van der Waals surface area contributed by atoms with Crippen molar-refractivity contribution < 1.29 is 19.4 Å². The number of hydrogen-bond donors (Lipinski definition) is 2. The number of amides is 2. The smallest absolute Gasteiger partial charge is 0.246 e. The largest absolute Gasteiger partial charge is 0.396 e. The summed E-state index contributed by atoms with van der Waals surface area (Å²) in [6.07, 6.45) is 2.68. The predicted molar refractivity (Wildman–Crippen MR) is 68.3 cm³/mol. The van der Waals surface area contributed by atoms with E-state index < -0.39 is 0 Å². The fourth-order valence-electron chi connectivity index (χ4n) is 2.58. The zero-order valence-corrected chi connectivity index (χ0v) is 11.3. The summed E-state index contributed by atoms with van der Waals surface area (Å²) in [6, 6.07) is -0.0732. The van der Waals surface area contributed by atoms with Crippen LogP contribution in [0, 0.1) is 11.8 Å². The molecule has 6 nitrogen and oxygen atoms in total. The van der Waals surface area contributed by atoms with Crippen molar-refractivity contribution in [3.63, 3.8) is 0 Å². The van der Waals surface area contributed by atoms with Crippen molar-refractivity contribution in [1.29, 1.82) is 0 Å². The summed E-state index contributed by atoms with van der Waals surface area (Å²) in [5.74, 6) is 0.157. The Morgan fingerprint density at radius 3 is 2.68 bits per heavy atom. The van der Waals surface area contributed by atoms with E-state index in [2.05, 4.69) is 5.32 Å². The molecule has 1 aliphatic heterocycles. The van der Waals surface area contributed by atoms with Crippen molar-refractivity contribution in [3.8, 4) is 0 Å². The van der Waals surface area contributed by atoms with E-state index in [1.807, 2.05) is 4.90 Å². The highest BCUT2D eigenvalue weighted by Crippen LogP contribution is 2.32. The molecular formula is C13H22N2O4. The van der Waals surface area contributed by atoms with Gasteiger partial charge in [-0.25, -0.2) is 0 Å². The summed E-state index contributed by atoms with van der Waals surface area (Å²) >= 11 is 0.